The van der Waals surface area contributed by atoms with Crippen LogP contribution in [-0.2, 0) is 0 Å². The lowest BCUT2D eigenvalue weighted by molar-refractivity contribution is 0.667. The molecule has 0 amide bonds. The standard InChI is InChI=1S/C42H28N8O/c1-3-7-27(8-4-1)49-35-23-25(11-13-29(35)31-19-21-43-47-41(31)49)33-15-17-37-39(45-33)40-38(51-37)18-16-34(46-40)26-12-14-30-32-20-22-44-48-42(32)50(36(30)24-26)28-9-5-2-6-10-28/h1-24,43-44,47-48H. The van der Waals surface area contributed by atoms with E-state index in [0.29, 0.717) is 11.2 Å². The fourth-order valence-corrected chi connectivity index (χ4v) is 7.53. The molecule has 0 aliphatic carbocycles. The highest BCUT2D eigenvalue weighted by Gasteiger charge is 2.22. The van der Waals surface area contributed by atoms with Crippen molar-refractivity contribution in [3.8, 4) is 33.9 Å². The van der Waals surface area contributed by atoms with E-state index in [9.17, 15) is 0 Å². The smallest absolute Gasteiger partial charge is 0.155 e. The van der Waals surface area contributed by atoms with Gasteiger partial charge in [0, 0.05) is 56.8 Å². The molecule has 4 aromatic carbocycles. The van der Waals surface area contributed by atoms with Crippen molar-refractivity contribution >= 4 is 67.8 Å². The Morgan fingerprint density at radius 3 is 1.43 bits per heavy atom. The molecular weight excluding hydrogens is 633 g/mol. The molecule has 0 spiro atoms. The molecule has 0 unspecified atom stereocenters. The van der Waals surface area contributed by atoms with Crippen LogP contribution in [0.15, 0.2) is 138 Å². The van der Waals surface area contributed by atoms with E-state index in [0.717, 1.165) is 89.5 Å². The summed E-state index contributed by atoms with van der Waals surface area (Å²) >= 11 is 0. The molecule has 7 heterocycles. The minimum absolute atomic E-state index is 0.703. The van der Waals surface area contributed by atoms with Gasteiger partial charge >= 0.3 is 0 Å². The van der Waals surface area contributed by atoms with Crippen LogP contribution in [0.3, 0.4) is 0 Å². The van der Waals surface area contributed by atoms with Crippen molar-refractivity contribution in [1.82, 2.24) is 30.0 Å². The van der Waals surface area contributed by atoms with Crippen LogP contribution in [0.4, 0.5) is 11.6 Å². The zero-order valence-corrected chi connectivity index (χ0v) is 27.1. The SMILES string of the molecule is C1=Cc2c(n(-c3ccccc3)c3cc(-c4ccc5oc6ccc(-c7ccc8c9c(n(-c%10ccccc%10)c8c7)NNC=C9)nc6c5n4)ccc23)NN1. The summed E-state index contributed by atoms with van der Waals surface area (Å²) in [6.07, 6.45) is 8.05. The van der Waals surface area contributed by atoms with Gasteiger partial charge in [-0.3, -0.25) is 20.0 Å². The van der Waals surface area contributed by atoms with E-state index in [-0.39, 0.29) is 0 Å². The van der Waals surface area contributed by atoms with E-state index >= 15 is 0 Å². The first kappa shape index (κ1) is 27.7. The van der Waals surface area contributed by atoms with E-state index in [2.05, 4.69) is 128 Å². The number of fused-ring (bicyclic) bond motifs is 9. The van der Waals surface area contributed by atoms with Crippen molar-refractivity contribution in [3.05, 3.63) is 145 Å². The van der Waals surface area contributed by atoms with Crippen LogP contribution in [-0.4, -0.2) is 19.1 Å². The Kier molecular flexibility index (Phi) is 5.76. The average molecular weight is 661 g/mol. The first-order valence-corrected chi connectivity index (χ1v) is 16.8. The average Bonchev–Trinajstić information content (AvgIpc) is 3.85. The largest absolute Gasteiger partial charge is 0.453 e. The van der Waals surface area contributed by atoms with Crippen molar-refractivity contribution in [1.29, 1.82) is 0 Å². The maximum Gasteiger partial charge on any atom is 0.155 e. The summed E-state index contributed by atoms with van der Waals surface area (Å²) in [6.45, 7) is 0. The lowest BCUT2D eigenvalue weighted by Gasteiger charge is -2.16. The van der Waals surface area contributed by atoms with Gasteiger partial charge in [0.1, 0.15) is 22.7 Å². The van der Waals surface area contributed by atoms with Gasteiger partial charge in [-0.15, -0.1) is 0 Å². The van der Waals surface area contributed by atoms with E-state index in [1.54, 1.807) is 0 Å². The van der Waals surface area contributed by atoms with E-state index in [1.807, 2.05) is 48.8 Å². The zero-order valence-electron chi connectivity index (χ0n) is 27.1. The highest BCUT2D eigenvalue weighted by atomic mass is 16.3. The summed E-state index contributed by atoms with van der Waals surface area (Å²) in [5, 5.41) is 2.31. The number of nitrogens with one attached hydrogen (secondary N) is 4. The lowest BCUT2D eigenvalue weighted by Crippen LogP contribution is -2.20. The Morgan fingerprint density at radius 2 is 0.961 bits per heavy atom. The molecule has 0 radical (unpaired) electrons. The van der Waals surface area contributed by atoms with E-state index in [4.69, 9.17) is 14.4 Å². The zero-order chi connectivity index (χ0) is 33.5. The Morgan fingerprint density at radius 1 is 0.490 bits per heavy atom. The number of para-hydroxylation sites is 2. The number of hydrazine groups is 2. The highest BCUT2D eigenvalue weighted by molar-refractivity contribution is 6.04. The molecule has 0 saturated heterocycles. The van der Waals surface area contributed by atoms with Gasteiger partial charge in [-0.1, -0.05) is 60.7 Å². The molecule has 9 aromatic rings. The van der Waals surface area contributed by atoms with Crippen LogP contribution in [0.5, 0.6) is 0 Å². The second-order valence-electron chi connectivity index (χ2n) is 12.7. The van der Waals surface area contributed by atoms with Crippen molar-refractivity contribution in [2.45, 2.75) is 0 Å². The van der Waals surface area contributed by atoms with Crippen LogP contribution >= 0.6 is 0 Å². The predicted octanol–water partition coefficient (Wildman–Crippen LogP) is 9.40. The normalized spacial score (nSPS) is 13.2. The molecule has 11 rings (SSSR count). The van der Waals surface area contributed by atoms with Crippen LogP contribution < -0.4 is 21.7 Å². The van der Waals surface area contributed by atoms with Crippen LogP contribution in [0.25, 0.3) is 90.0 Å². The third kappa shape index (κ3) is 4.15. The van der Waals surface area contributed by atoms with Crippen LogP contribution in [0.2, 0.25) is 0 Å². The van der Waals surface area contributed by atoms with Gasteiger partial charge in [-0.25, -0.2) is 9.97 Å². The van der Waals surface area contributed by atoms with Crippen molar-refractivity contribution in [3.63, 3.8) is 0 Å². The molecule has 2 aliphatic heterocycles. The molecule has 9 nitrogen and oxygen atoms in total. The van der Waals surface area contributed by atoms with Gasteiger partial charge in [-0.2, -0.15) is 0 Å². The second-order valence-corrected chi connectivity index (χ2v) is 12.7. The van der Waals surface area contributed by atoms with Gasteiger partial charge in [-0.05, 0) is 72.8 Å². The quantitative estimate of drug-likeness (QED) is 0.149. The van der Waals surface area contributed by atoms with E-state index < -0.39 is 0 Å². The Labute approximate surface area is 291 Å². The first-order valence-electron chi connectivity index (χ1n) is 16.8. The minimum Gasteiger partial charge on any atom is -0.453 e. The van der Waals surface area contributed by atoms with Crippen molar-refractivity contribution < 1.29 is 4.42 Å². The summed E-state index contributed by atoms with van der Waals surface area (Å²) in [5.74, 6) is 1.99. The maximum absolute atomic E-state index is 6.26. The molecule has 2 aliphatic rings. The third-order valence-corrected chi connectivity index (χ3v) is 9.84. The first-order chi connectivity index (χ1) is 25.3. The number of hydrogen-bond donors (Lipinski definition) is 4. The summed E-state index contributed by atoms with van der Waals surface area (Å²) in [5.41, 5.74) is 26.2. The number of anilines is 2. The molecule has 5 aromatic heterocycles. The Hall–Kier alpha value is -7.26. The van der Waals surface area contributed by atoms with Crippen LogP contribution in [0, 0.1) is 0 Å². The number of hydrogen-bond acceptors (Lipinski definition) is 7. The maximum atomic E-state index is 6.26. The number of furan rings is 1. The summed E-state index contributed by atoms with van der Waals surface area (Å²) in [6, 6.07) is 41.9. The van der Waals surface area contributed by atoms with Gasteiger partial charge in [0.15, 0.2) is 11.2 Å². The second kappa shape index (κ2) is 10.6. The Bertz CT molecular complexity index is 2720. The van der Waals surface area contributed by atoms with Gasteiger partial charge in [0.25, 0.3) is 0 Å². The van der Waals surface area contributed by atoms with Crippen LogP contribution in [0.1, 0.15) is 11.1 Å². The predicted molar refractivity (Wildman–Crippen MR) is 205 cm³/mol. The summed E-state index contributed by atoms with van der Waals surface area (Å²) < 4.78 is 10.7. The van der Waals surface area contributed by atoms with Gasteiger partial charge in [0.2, 0.25) is 0 Å². The summed E-state index contributed by atoms with van der Waals surface area (Å²) in [4.78, 5) is 10.3. The Balaban J connectivity index is 1.05. The molecule has 51 heavy (non-hydrogen) atoms. The lowest BCUT2D eigenvalue weighted by atomic mass is 10.1. The molecule has 4 N–H and O–H groups in total. The van der Waals surface area contributed by atoms with Gasteiger partial charge in [0.05, 0.1) is 22.4 Å². The van der Waals surface area contributed by atoms with Crippen molar-refractivity contribution in [2.75, 3.05) is 10.9 Å². The molecular formula is C42H28N8O. The number of benzene rings is 4. The number of aromatic nitrogens is 4. The van der Waals surface area contributed by atoms with Gasteiger partial charge < -0.3 is 15.3 Å². The number of rotatable bonds is 4. The summed E-state index contributed by atoms with van der Waals surface area (Å²) in [7, 11) is 0. The highest BCUT2D eigenvalue weighted by Crippen LogP contribution is 2.40. The molecule has 0 saturated carbocycles. The van der Waals surface area contributed by atoms with E-state index in [1.165, 1.54) is 0 Å². The topological polar surface area (TPSA) is 96.9 Å². The molecule has 9 heteroatoms. The monoisotopic (exact) mass is 660 g/mol. The molecule has 0 bridgehead atoms. The molecule has 242 valence electrons. The third-order valence-electron chi connectivity index (χ3n) is 9.84. The fourth-order valence-electron chi connectivity index (χ4n) is 7.53. The van der Waals surface area contributed by atoms with Crippen molar-refractivity contribution in [2.24, 2.45) is 0 Å². The minimum atomic E-state index is 0.703. The fraction of sp³-hybridized carbons (Fsp3) is 0. The number of pyridine rings is 2. The molecule has 0 atom stereocenters. The molecule has 0 fully saturated rings. The number of nitrogens with zero attached hydrogens (tertiary/aromatic N) is 4.